The fraction of sp³-hybridized carbons (Fsp3) is 0.929. The molecule has 0 bridgehead atoms. The summed E-state index contributed by atoms with van der Waals surface area (Å²) in [6, 6.07) is 0.0712. The monoisotopic (exact) mass is 241 g/mol. The van der Waals surface area contributed by atoms with E-state index in [1.165, 1.54) is 19.3 Å². The van der Waals surface area contributed by atoms with Crippen LogP contribution < -0.4 is 5.32 Å². The molecule has 1 unspecified atom stereocenters. The zero-order valence-corrected chi connectivity index (χ0v) is 11.5. The van der Waals surface area contributed by atoms with Crippen LogP contribution in [0.15, 0.2) is 0 Å². The van der Waals surface area contributed by atoms with Crippen molar-refractivity contribution < 1.29 is 9.90 Å². The minimum absolute atomic E-state index is 0.00700. The lowest BCUT2D eigenvalue weighted by atomic mass is 9.83. The molecule has 0 aromatic rings. The summed E-state index contributed by atoms with van der Waals surface area (Å²) in [7, 11) is 0. The molecule has 0 aromatic heterocycles. The summed E-state index contributed by atoms with van der Waals surface area (Å²) in [6.07, 6.45) is 6.32. The molecular weight excluding hydrogens is 214 g/mol. The van der Waals surface area contributed by atoms with Crippen LogP contribution >= 0.6 is 0 Å². The van der Waals surface area contributed by atoms with Gasteiger partial charge in [-0.2, -0.15) is 0 Å². The molecule has 100 valence electrons. The normalized spacial score (nSPS) is 20.0. The molecule has 3 heteroatoms. The van der Waals surface area contributed by atoms with E-state index in [-0.39, 0.29) is 29.9 Å². The van der Waals surface area contributed by atoms with Crippen molar-refractivity contribution in [3.05, 3.63) is 0 Å². The Hall–Kier alpha value is -0.570. The Morgan fingerprint density at radius 3 is 2.35 bits per heavy atom. The van der Waals surface area contributed by atoms with E-state index >= 15 is 0 Å². The third kappa shape index (κ3) is 4.66. The maximum atomic E-state index is 12.1. The molecule has 0 saturated heterocycles. The number of hydrogen-bond acceptors (Lipinski definition) is 2. The standard InChI is InChI=1S/C14H27NO2/c1-14(2,3)12(9-10-16)15-13(17)11-7-5-4-6-8-11/h11-12,16H,4-10H2,1-3H3,(H,15,17). The van der Waals surface area contributed by atoms with Crippen molar-refractivity contribution >= 4 is 5.91 Å². The molecule has 1 fully saturated rings. The summed E-state index contributed by atoms with van der Waals surface area (Å²) in [6.45, 7) is 6.45. The average Bonchev–Trinajstić information content (AvgIpc) is 2.28. The van der Waals surface area contributed by atoms with Crippen LogP contribution in [-0.2, 0) is 4.79 Å². The molecule has 17 heavy (non-hydrogen) atoms. The van der Waals surface area contributed by atoms with E-state index in [1.54, 1.807) is 0 Å². The van der Waals surface area contributed by atoms with Gasteiger partial charge in [-0.05, 0) is 24.7 Å². The maximum absolute atomic E-state index is 12.1. The second-order valence-electron chi connectivity index (χ2n) is 6.27. The highest BCUT2D eigenvalue weighted by atomic mass is 16.3. The van der Waals surface area contributed by atoms with Gasteiger partial charge < -0.3 is 10.4 Å². The van der Waals surface area contributed by atoms with Crippen molar-refractivity contribution in [2.45, 2.75) is 65.3 Å². The first-order valence-electron chi connectivity index (χ1n) is 6.86. The molecular formula is C14H27NO2. The van der Waals surface area contributed by atoms with Crippen LogP contribution in [-0.4, -0.2) is 23.7 Å². The lowest BCUT2D eigenvalue weighted by Crippen LogP contribution is -2.46. The van der Waals surface area contributed by atoms with Gasteiger partial charge in [-0.15, -0.1) is 0 Å². The molecule has 1 aliphatic rings. The van der Waals surface area contributed by atoms with Crippen LogP contribution in [0.25, 0.3) is 0 Å². The van der Waals surface area contributed by atoms with Crippen molar-refractivity contribution in [2.24, 2.45) is 11.3 Å². The van der Waals surface area contributed by atoms with Crippen molar-refractivity contribution in [1.82, 2.24) is 5.32 Å². The van der Waals surface area contributed by atoms with E-state index in [2.05, 4.69) is 26.1 Å². The van der Waals surface area contributed by atoms with E-state index in [1.807, 2.05) is 0 Å². The maximum Gasteiger partial charge on any atom is 0.223 e. The lowest BCUT2D eigenvalue weighted by Gasteiger charge is -2.33. The number of carbonyl (C=O) groups excluding carboxylic acids is 1. The Balaban J connectivity index is 2.51. The first kappa shape index (κ1) is 14.5. The smallest absolute Gasteiger partial charge is 0.223 e. The van der Waals surface area contributed by atoms with Crippen LogP contribution in [0.2, 0.25) is 0 Å². The molecule has 1 rings (SSSR count). The van der Waals surface area contributed by atoms with E-state index < -0.39 is 0 Å². The summed E-state index contributed by atoms with van der Waals surface area (Å²) in [5, 5.41) is 12.2. The topological polar surface area (TPSA) is 49.3 Å². The number of aliphatic hydroxyl groups is 1. The highest BCUT2D eigenvalue weighted by molar-refractivity contribution is 5.79. The number of aliphatic hydroxyl groups excluding tert-OH is 1. The third-order valence-corrected chi connectivity index (χ3v) is 3.76. The zero-order chi connectivity index (χ0) is 12.9. The summed E-state index contributed by atoms with van der Waals surface area (Å²) < 4.78 is 0. The van der Waals surface area contributed by atoms with Crippen LogP contribution in [0, 0.1) is 11.3 Å². The van der Waals surface area contributed by atoms with Crippen molar-refractivity contribution in [3.8, 4) is 0 Å². The number of carbonyl (C=O) groups is 1. The highest BCUT2D eigenvalue weighted by Crippen LogP contribution is 2.26. The van der Waals surface area contributed by atoms with Gasteiger partial charge >= 0.3 is 0 Å². The predicted molar refractivity (Wildman–Crippen MR) is 69.7 cm³/mol. The van der Waals surface area contributed by atoms with E-state index in [0.717, 1.165) is 12.8 Å². The van der Waals surface area contributed by atoms with Gasteiger partial charge in [0.25, 0.3) is 0 Å². The van der Waals surface area contributed by atoms with E-state index in [4.69, 9.17) is 5.11 Å². The molecule has 0 radical (unpaired) electrons. The Kier molecular flexibility index (Phi) is 5.44. The molecule has 0 spiro atoms. The van der Waals surface area contributed by atoms with Gasteiger partial charge in [0.05, 0.1) is 0 Å². The Morgan fingerprint density at radius 2 is 1.88 bits per heavy atom. The molecule has 3 nitrogen and oxygen atoms in total. The predicted octanol–water partition coefficient (Wildman–Crippen LogP) is 2.48. The van der Waals surface area contributed by atoms with Crippen molar-refractivity contribution in [3.63, 3.8) is 0 Å². The van der Waals surface area contributed by atoms with Gasteiger partial charge in [-0.1, -0.05) is 40.0 Å². The van der Waals surface area contributed by atoms with Crippen LogP contribution in [0.5, 0.6) is 0 Å². The van der Waals surface area contributed by atoms with Gasteiger partial charge in [0.1, 0.15) is 0 Å². The van der Waals surface area contributed by atoms with Crippen molar-refractivity contribution in [1.29, 1.82) is 0 Å². The summed E-state index contributed by atoms with van der Waals surface area (Å²) in [4.78, 5) is 12.1. The molecule has 0 heterocycles. The number of hydrogen-bond donors (Lipinski definition) is 2. The lowest BCUT2D eigenvalue weighted by molar-refractivity contribution is -0.127. The van der Waals surface area contributed by atoms with E-state index in [0.29, 0.717) is 6.42 Å². The third-order valence-electron chi connectivity index (χ3n) is 3.76. The second kappa shape index (κ2) is 6.39. The number of nitrogens with one attached hydrogen (secondary N) is 1. The Bertz CT molecular complexity index is 239. The summed E-state index contributed by atoms with van der Waals surface area (Å²) >= 11 is 0. The minimum Gasteiger partial charge on any atom is -0.396 e. The zero-order valence-electron chi connectivity index (χ0n) is 11.5. The summed E-state index contributed by atoms with van der Waals surface area (Å²) in [5.74, 6) is 0.394. The van der Waals surface area contributed by atoms with Gasteiger partial charge in [-0.3, -0.25) is 4.79 Å². The van der Waals surface area contributed by atoms with Crippen molar-refractivity contribution in [2.75, 3.05) is 6.61 Å². The quantitative estimate of drug-likeness (QED) is 0.794. The molecule has 1 saturated carbocycles. The first-order chi connectivity index (χ1) is 7.95. The van der Waals surface area contributed by atoms with Gasteiger partial charge in [0.15, 0.2) is 0 Å². The molecule has 1 amide bonds. The molecule has 1 atom stereocenters. The molecule has 2 N–H and O–H groups in total. The number of rotatable bonds is 4. The number of amides is 1. The molecule has 1 aliphatic carbocycles. The second-order valence-corrected chi connectivity index (χ2v) is 6.27. The largest absolute Gasteiger partial charge is 0.396 e. The fourth-order valence-electron chi connectivity index (χ4n) is 2.51. The van der Waals surface area contributed by atoms with Crippen LogP contribution in [0.3, 0.4) is 0 Å². The van der Waals surface area contributed by atoms with Crippen LogP contribution in [0.1, 0.15) is 59.3 Å². The van der Waals surface area contributed by atoms with Gasteiger partial charge in [0.2, 0.25) is 5.91 Å². The van der Waals surface area contributed by atoms with E-state index in [9.17, 15) is 4.79 Å². The van der Waals surface area contributed by atoms with Crippen LogP contribution in [0.4, 0.5) is 0 Å². The Labute approximate surface area is 105 Å². The van der Waals surface area contributed by atoms with Gasteiger partial charge in [0, 0.05) is 18.6 Å². The minimum atomic E-state index is 0.00700. The fourth-order valence-corrected chi connectivity index (χ4v) is 2.51. The Morgan fingerprint density at radius 1 is 1.29 bits per heavy atom. The SMILES string of the molecule is CC(C)(C)C(CCO)NC(=O)C1CCCCC1. The summed E-state index contributed by atoms with van der Waals surface area (Å²) in [5.41, 5.74) is 0.00700. The van der Waals surface area contributed by atoms with Gasteiger partial charge in [-0.25, -0.2) is 0 Å². The highest BCUT2D eigenvalue weighted by Gasteiger charge is 2.29. The average molecular weight is 241 g/mol. The molecule has 0 aliphatic heterocycles. The first-order valence-corrected chi connectivity index (χ1v) is 6.86. The molecule has 0 aromatic carbocycles.